The fourth-order valence-corrected chi connectivity index (χ4v) is 2.91. The number of amides is 1. The van der Waals surface area contributed by atoms with Crippen LogP contribution in [0.25, 0.3) is 0 Å². The zero-order valence-electron chi connectivity index (χ0n) is 8.85. The zero-order chi connectivity index (χ0) is 13.2. The molecule has 1 aromatic carbocycles. The predicted molar refractivity (Wildman–Crippen MR) is 70.5 cm³/mol. The molecule has 0 heterocycles. The first-order chi connectivity index (χ1) is 7.71. The van der Waals surface area contributed by atoms with E-state index >= 15 is 0 Å². The Balaban J connectivity index is 3.27. The van der Waals surface area contributed by atoms with Crippen molar-refractivity contribution in [1.29, 1.82) is 0 Å². The number of carbonyl (C=O) groups is 1. The van der Waals surface area contributed by atoms with E-state index in [4.69, 9.17) is 17.3 Å². The lowest BCUT2D eigenvalue weighted by Crippen LogP contribution is -2.38. The van der Waals surface area contributed by atoms with Crippen molar-refractivity contribution in [2.45, 2.75) is 0 Å². The van der Waals surface area contributed by atoms with E-state index in [1.165, 1.54) is 12.1 Å². The quantitative estimate of drug-likeness (QED) is 0.897. The Hall–Kier alpha value is -0.790. The number of rotatable bonds is 4. The molecule has 0 saturated heterocycles. The van der Waals surface area contributed by atoms with Gasteiger partial charge in [-0.05, 0) is 18.2 Å². The van der Waals surface area contributed by atoms with Gasteiger partial charge < -0.3 is 5.73 Å². The number of primary amides is 1. The number of hydrogen-bond donors (Lipinski definition) is 1. The van der Waals surface area contributed by atoms with Gasteiger partial charge in [0.2, 0.25) is 15.9 Å². The Morgan fingerprint density at radius 1 is 1.53 bits per heavy atom. The molecule has 1 rings (SSSR count). The molecule has 0 radical (unpaired) electrons. The molecular formula is C9H10BrClN2O3S. The van der Waals surface area contributed by atoms with Crippen LogP contribution in [0.15, 0.2) is 22.7 Å². The van der Waals surface area contributed by atoms with Gasteiger partial charge in [0.05, 0.1) is 17.0 Å². The van der Waals surface area contributed by atoms with Gasteiger partial charge in [-0.25, -0.2) is 8.42 Å². The summed E-state index contributed by atoms with van der Waals surface area (Å²) >= 11 is 9.13. The molecule has 0 aliphatic carbocycles. The fourth-order valence-electron chi connectivity index (χ4n) is 1.21. The average molecular weight is 342 g/mol. The van der Waals surface area contributed by atoms with E-state index in [9.17, 15) is 13.2 Å². The molecule has 0 spiro atoms. The lowest BCUT2D eigenvalue weighted by atomic mass is 10.3. The van der Waals surface area contributed by atoms with Crippen molar-refractivity contribution in [2.75, 3.05) is 17.1 Å². The molecule has 0 atom stereocenters. The topological polar surface area (TPSA) is 80.5 Å². The highest BCUT2D eigenvalue weighted by atomic mass is 79.9. The van der Waals surface area contributed by atoms with E-state index in [-0.39, 0.29) is 10.7 Å². The summed E-state index contributed by atoms with van der Waals surface area (Å²) in [6.07, 6.45) is 0.980. The normalized spacial score (nSPS) is 11.2. The highest BCUT2D eigenvalue weighted by Gasteiger charge is 2.21. The number of nitrogens with two attached hydrogens (primary N) is 1. The van der Waals surface area contributed by atoms with Gasteiger partial charge in [-0.15, -0.1) is 0 Å². The maximum atomic E-state index is 11.6. The number of halogens is 2. The molecule has 0 unspecified atom stereocenters. The number of benzene rings is 1. The smallest absolute Gasteiger partial charge is 0.238 e. The lowest BCUT2D eigenvalue weighted by molar-refractivity contribution is -0.116. The van der Waals surface area contributed by atoms with E-state index in [0.29, 0.717) is 4.47 Å². The van der Waals surface area contributed by atoms with Gasteiger partial charge in [0.25, 0.3) is 0 Å². The van der Waals surface area contributed by atoms with Crippen molar-refractivity contribution >= 4 is 49.1 Å². The summed E-state index contributed by atoms with van der Waals surface area (Å²) < 4.78 is 24.7. The van der Waals surface area contributed by atoms with E-state index < -0.39 is 22.5 Å². The summed E-state index contributed by atoms with van der Waals surface area (Å²) in [5.74, 6) is -0.755. The lowest BCUT2D eigenvalue weighted by Gasteiger charge is -2.21. The van der Waals surface area contributed by atoms with E-state index in [0.717, 1.165) is 10.6 Å². The fraction of sp³-hybridized carbons (Fsp3) is 0.222. The second-order valence-corrected chi connectivity index (χ2v) is 6.56. The molecule has 0 fully saturated rings. The van der Waals surface area contributed by atoms with Crippen molar-refractivity contribution in [2.24, 2.45) is 5.73 Å². The minimum atomic E-state index is -3.62. The predicted octanol–water partition coefficient (Wildman–Crippen LogP) is 1.35. The molecule has 1 aromatic rings. The Labute approximate surface area is 113 Å². The number of anilines is 1. The first-order valence-corrected chi connectivity index (χ1v) is 7.45. The van der Waals surface area contributed by atoms with E-state index in [1.807, 2.05) is 0 Å². The van der Waals surface area contributed by atoms with Crippen LogP contribution in [0.3, 0.4) is 0 Å². The van der Waals surface area contributed by atoms with Crippen LogP contribution in [0.1, 0.15) is 0 Å². The molecule has 5 nitrogen and oxygen atoms in total. The van der Waals surface area contributed by atoms with Crippen LogP contribution in [0, 0.1) is 0 Å². The van der Waals surface area contributed by atoms with Crippen molar-refractivity contribution < 1.29 is 13.2 Å². The summed E-state index contributed by atoms with van der Waals surface area (Å²) in [4.78, 5) is 10.9. The largest absolute Gasteiger partial charge is 0.368 e. The van der Waals surface area contributed by atoms with Crippen LogP contribution in [0.5, 0.6) is 0 Å². The molecular weight excluding hydrogens is 332 g/mol. The highest BCUT2D eigenvalue weighted by molar-refractivity contribution is 9.10. The van der Waals surface area contributed by atoms with Gasteiger partial charge in [0.1, 0.15) is 6.54 Å². The van der Waals surface area contributed by atoms with Crippen LogP contribution >= 0.6 is 27.5 Å². The third-order valence-electron chi connectivity index (χ3n) is 1.88. The third-order valence-corrected chi connectivity index (χ3v) is 3.80. The van der Waals surface area contributed by atoms with Crippen LogP contribution in [0.4, 0.5) is 5.69 Å². The average Bonchev–Trinajstić information content (AvgIpc) is 2.13. The summed E-state index contributed by atoms with van der Waals surface area (Å²) in [6.45, 7) is -0.444. The van der Waals surface area contributed by atoms with Crippen molar-refractivity contribution in [3.63, 3.8) is 0 Å². The van der Waals surface area contributed by atoms with Crippen molar-refractivity contribution in [1.82, 2.24) is 0 Å². The Kier molecular flexibility index (Phi) is 4.40. The molecule has 17 heavy (non-hydrogen) atoms. The molecule has 2 N–H and O–H groups in total. The number of carbonyl (C=O) groups excluding carboxylic acids is 1. The SMILES string of the molecule is CS(=O)(=O)N(CC(N)=O)c1ccc(Br)cc1Cl. The molecule has 0 aromatic heterocycles. The van der Waals surface area contributed by atoms with Gasteiger partial charge in [0.15, 0.2) is 0 Å². The standard InChI is InChI=1S/C9H10BrClN2O3S/c1-17(15,16)13(5-9(12)14)8-3-2-6(10)4-7(8)11/h2-4H,5H2,1H3,(H2,12,14). The van der Waals surface area contributed by atoms with Gasteiger partial charge in [0, 0.05) is 4.47 Å². The molecule has 0 bridgehead atoms. The minimum absolute atomic E-state index is 0.214. The number of nitrogens with zero attached hydrogens (tertiary/aromatic N) is 1. The second-order valence-electron chi connectivity index (χ2n) is 3.33. The van der Waals surface area contributed by atoms with Crippen molar-refractivity contribution in [3.8, 4) is 0 Å². The van der Waals surface area contributed by atoms with Crippen molar-refractivity contribution in [3.05, 3.63) is 27.7 Å². The van der Waals surface area contributed by atoms with Crippen LogP contribution < -0.4 is 10.0 Å². The molecule has 94 valence electrons. The number of sulfonamides is 1. The van der Waals surface area contributed by atoms with Crippen LogP contribution in [0.2, 0.25) is 5.02 Å². The summed E-state index contributed by atoms with van der Waals surface area (Å²) in [7, 11) is -3.62. The maximum Gasteiger partial charge on any atom is 0.238 e. The summed E-state index contributed by atoms with van der Waals surface area (Å²) in [5.41, 5.74) is 5.23. The summed E-state index contributed by atoms with van der Waals surface area (Å²) in [5, 5.41) is 0.214. The van der Waals surface area contributed by atoms with Gasteiger partial charge in [-0.1, -0.05) is 27.5 Å². The van der Waals surface area contributed by atoms with Crippen LogP contribution in [-0.2, 0) is 14.8 Å². The Morgan fingerprint density at radius 3 is 2.53 bits per heavy atom. The minimum Gasteiger partial charge on any atom is -0.368 e. The molecule has 0 aliphatic rings. The zero-order valence-corrected chi connectivity index (χ0v) is 12.0. The Morgan fingerprint density at radius 2 is 2.12 bits per heavy atom. The second kappa shape index (κ2) is 5.24. The monoisotopic (exact) mass is 340 g/mol. The first-order valence-electron chi connectivity index (χ1n) is 4.43. The molecule has 0 aliphatic heterocycles. The van der Waals surface area contributed by atoms with E-state index in [1.54, 1.807) is 6.07 Å². The maximum absolute atomic E-state index is 11.6. The van der Waals surface area contributed by atoms with Crippen LogP contribution in [-0.4, -0.2) is 27.1 Å². The van der Waals surface area contributed by atoms with E-state index in [2.05, 4.69) is 15.9 Å². The Bertz CT molecular complexity index is 547. The highest BCUT2D eigenvalue weighted by Crippen LogP contribution is 2.30. The van der Waals surface area contributed by atoms with Gasteiger partial charge >= 0.3 is 0 Å². The first kappa shape index (κ1) is 14.3. The van der Waals surface area contributed by atoms with Gasteiger partial charge in [-0.3, -0.25) is 9.10 Å². The van der Waals surface area contributed by atoms with Gasteiger partial charge in [-0.2, -0.15) is 0 Å². The molecule has 1 amide bonds. The third kappa shape index (κ3) is 3.86. The molecule has 8 heteroatoms. The summed E-state index contributed by atoms with van der Waals surface area (Å²) in [6, 6.07) is 4.66. The molecule has 0 saturated carbocycles. The number of hydrogen-bond acceptors (Lipinski definition) is 3.